The summed E-state index contributed by atoms with van der Waals surface area (Å²) in [7, 11) is 1.62. The number of benzene rings is 3. The molecule has 7 heteroatoms. The predicted octanol–water partition coefficient (Wildman–Crippen LogP) is 5.92. The van der Waals surface area contributed by atoms with Crippen molar-refractivity contribution in [1.29, 1.82) is 0 Å². The van der Waals surface area contributed by atoms with Crippen LogP contribution in [0.1, 0.15) is 29.5 Å². The van der Waals surface area contributed by atoms with Crippen molar-refractivity contribution >= 4 is 33.8 Å². The Hall–Kier alpha value is -4.39. The molecule has 0 unspecified atom stereocenters. The lowest BCUT2D eigenvalue weighted by Crippen LogP contribution is -2.20. The lowest BCUT2D eigenvalue weighted by atomic mass is 10.0. The van der Waals surface area contributed by atoms with Crippen LogP contribution in [0.25, 0.3) is 33.5 Å². The van der Waals surface area contributed by atoms with Gasteiger partial charge in [-0.2, -0.15) is 9.78 Å². The molecule has 0 atom stereocenters. The number of anilines is 1. The molecule has 3 aromatic carbocycles. The van der Waals surface area contributed by atoms with Crippen LogP contribution in [0.2, 0.25) is 0 Å². The predicted molar refractivity (Wildman–Crippen MR) is 148 cm³/mol. The van der Waals surface area contributed by atoms with E-state index in [0.29, 0.717) is 33.8 Å². The van der Waals surface area contributed by atoms with Crippen LogP contribution in [-0.2, 0) is 0 Å². The van der Waals surface area contributed by atoms with Gasteiger partial charge in [0.15, 0.2) is 5.76 Å². The lowest BCUT2D eigenvalue weighted by molar-refractivity contribution is 0.419. The Morgan fingerprint density at radius 2 is 1.78 bits per heavy atom. The van der Waals surface area contributed by atoms with Gasteiger partial charge in [-0.25, -0.2) is 4.98 Å². The number of hydrogen-bond acceptors (Lipinski definition) is 6. The molecule has 1 aliphatic rings. The fourth-order valence-electron chi connectivity index (χ4n) is 5.09. The molecule has 0 aliphatic carbocycles. The van der Waals surface area contributed by atoms with Crippen LogP contribution >= 0.6 is 0 Å². The zero-order chi connectivity index (χ0) is 25.5. The van der Waals surface area contributed by atoms with E-state index in [1.807, 2.05) is 42.5 Å². The van der Waals surface area contributed by atoms with Gasteiger partial charge in [-0.15, -0.1) is 0 Å². The Morgan fingerprint density at radius 1 is 0.973 bits per heavy atom. The highest BCUT2D eigenvalue weighted by molar-refractivity contribution is 5.89. The number of ether oxygens (including phenoxy) is 1. The van der Waals surface area contributed by atoms with Gasteiger partial charge < -0.3 is 14.1 Å². The molecule has 1 saturated heterocycles. The third kappa shape index (κ3) is 4.06. The third-order valence-corrected chi connectivity index (χ3v) is 7.06. The highest BCUT2D eigenvalue weighted by Gasteiger charge is 2.19. The van der Waals surface area contributed by atoms with Gasteiger partial charge in [-0.05, 0) is 85.8 Å². The summed E-state index contributed by atoms with van der Waals surface area (Å²) in [5.74, 6) is 1.47. The number of hydrogen-bond donors (Lipinski definition) is 0. The fraction of sp³-hybridized carbons (Fsp3) is 0.233. The van der Waals surface area contributed by atoms with Crippen LogP contribution in [0.4, 0.5) is 5.69 Å². The van der Waals surface area contributed by atoms with Crippen LogP contribution in [0.15, 0.2) is 75.0 Å². The lowest BCUT2D eigenvalue weighted by Gasteiger charge is -2.21. The first-order chi connectivity index (χ1) is 18.0. The monoisotopic (exact) mass is 492 g/mol. The quantitative estimate of drug-likeness (QED) is 0.285. The molecule has 2 aromatic heterocycles. The Labute approximate surface area is 214 Å². The van der Waals surface area contributed by atoms with Crippen molar-refractivity contribution in [3.8, 4) is 17.3 Å². The first-order valence-electron chi connectivity index (χ1n) is 12.5. The molecule has 0 bridgehead atoms. The molecule has 6 rings (SSSR count). The first kappa shape index (κ1) is 23.0. The minimum Gasteiger partial charge on any atom is -0.496 e. The zero-order valence-corrected chi connectivity index (χ0v) is 21.2. The molecule has 0 spiro atoms. The molecule has 0 radical (unpaired) electrons. The summed E-state index contributed by atoms with van der Waals surface area (Å²) in [6.07, 6.45) is 4.20. The van der Waals surface area contributed by atoms with Crippen LogP contribution in [0, 0.1) is 13.8 Å². The summed E-state index contributed by atoms with van der Waals surface area (Å²) in [4.78, 5) is 20.8. The number of furan rings is 1. The molecular formula is C30H28N4O3. The van der Waals surface area contributed by atoms with E-state index in [4.69, 9.17) is 14.1 Å². The highest BCUT2D eigenvalue weighted by atomic mass is 16.5. The van der Waals surface area contributed by atoms with Gasteiger partial charge in [0.05, 0.1) is 29.6 Å². The average Bonchev–Trinajstić information content (AvgIpc) is 3.60. The number of fused-ring (bicyclic) bond motifs is 2. The summed E-state index contributed by atoms with van der Waals surface area (Å²) >= 11 is 0. The maximum absolute atomic E-state index is 13.6. The van der Waals surface area contributed by atoms with Gasteiger partial charge in [-0.3, -0.25) is 4.79 Å². The number of aromatic nitrogens is 2. The number of para-hydroxylation sites is 1. The van der Waals surface area contributed by atoms with E-state index in [1.165, 1.54) is 28.8 Å². The van der Waals surface area contributed by atoms with E-state index in [-0.39, 0.29) is 5.56 Å². The van der Waals surface area contributed by atoms with Crippen LogP contribution in [-0.4, -0.2) is 36.1 Å². The van der Waals surface area contributed by atoms with Crippen LogP contribution in [0.5, 0.6) is 5.75 Å². The van der Waals surface area contributed by atoms with Gasteiger partial charge in [0.25, 0.3) is 5.56 Å². The van der Waals surface area contributed by atoms with Crippen molar-refractivity contribution < 1.29 is 9.15 Å². The normalized spacial score (nSPS) is 13.9. The van der Waals surface area contributed by atoms with E-state index in [1.54, 1.807) is 19.4 Å². The van der Waals surface area contributed by atoms with Crippen LogP contribution < -0.4 is 15.2 Å². The first-order valence-corrected chi connectivity index (χ1v) is 12.5. The Kier molecular flexibility index (Phi) is 5.75. The second-order valence-electron chi connectivity index (χ2n) is 9.49. The molecule has 5 aromatic rings. The summed E-state index contributed by atoms with van der Waals surface area (Å²) in [6.45, 7) is 6.39. The third-order valence-electron chi connectivity index (χ3n) is 7.06. The van der Waals surface area contributed by atoms with E-state index >= 15 is 0 Å². The van der Waals surface area contributed by atoms with Gasteiger partial charge in [0.1, 0.15) is 11.3 Å². The molecule has 0 saturated carbocycles. The van der Waals surface area contributed by atoms with E-state index in [2.05, 4.69) is 36.0 Å². The highest BCUT2D eigenvalue weighted by Crippen LogP contribution is 2.33. The van der Waals surface area contributed by atoms with Crippen molar-refractivity contribution in [3.05, 3.63) is 87.7 Å². The maximum Gasteiger partial charge on any atom is 0.282 e. The molecule has 3 heterocycles. The second-order valence-corrected chi connectivity index (χ2v) is 9.49. The van der Waals surface area contributed by atoms with Crippen molar-refractivity contribution in [2.45, 2.75) is 26.7 Å². The second kappa shape index (κ2) is 9.24. The van der Waals surface area contributed by atoms with Gasteiger partial charge in [-0.1, -0.05) is 18.2 Å². The van der Waals surface area contributed by atoms with E-state index < -0.39 is 0 Å². The van der Waals surface area contributed by atoms with Gasteiger partial charge in [0.2, 0.25) is 5.82 Å². The smallest absolute Gasteiger partial charge is 0.282 e. The standard InChI is InChI=1S/C30H28N4O3/c1-19-16-25(33-13-6-7-14-33)20(2)15-21(19)18-31-34-29(32-24-10-5-4-9-22(24)30(34)35)28-17-23-26(36-3)11-8-12-27(23)37-28/h4-5,8-12,15-18H,6-7,13-14H2,1-3H3. The topological polar surface area (TPSA) is 72.9 Å². The molecule has 0 amide bonds. The molecule has 7 nitrogen and oxygen atoms in total. The number of nitrogens with zero attached hydrogens (tertiary/aromatic N) is 4. The SMILES string of the molecule is COc1cccc2oc(-c3nc4ccccc4c(=O)n3N=Cc3cc(C)c(N4CCCC4)cc3C)cc12. The Balaban J connectivity index is 1.49. The summed E-state index contributed by atoms with van der Waals surface area (Å²) in [5, 5.41) is 5.96. The minimum atomic E-state index is -0.257. The van der Waals surface area contributed by atoms with Crippen molar-refractivity contribution in [3.63, 3.8) is 0 Å². The van der Waals surface area contributed by atoms with Crippen LogP contribution in [0.3, 0.4) is 0 Å². The van der Waals surface area contributed by atoms with E-state index in [0.717, 1.165) is 29.6 Å². The van der Waals surface area contributed by atoms with Gasteiger partial charge >= 0.3 is 0 Å². The largest absolute Gasteiger partial charge is 0.496 e. The zero-order valence-electron chi connectivity index (χ0n) is 21.2. The molecule has 1 fully saturated rings. The van der Waals surface area contributed by atoms with Crippen molar-refractivity contribution in [2.24, 2.45) is 5.10 Å². The van der Waals surface area contributed by atoms with E-state index in [9.17, 15) is 4.79 Å². The van der Waals surface area contributed by atoms with Gasteiger partial charge in [0, 0.05) is 18.8 Å². The molecule has 0 N–H and O–H groups in total. The van der Waals surface area contributed by atoms with Crippen molar-refractivity contribution in [1.82, 2.24) is 9.66 Å². The number of rotatable bonds is 5. The summed E-state index contributed by atoms with van der Waals surface area (Å²) in [6, 6.07) is 19.1. The average molecular weight is 493 g/mol. The number of methoxy groups -OCH3 is 1. The molecule has 1 aliphatic heterocycles. The van der Waals surface area contributed by atoms with Crippen molar-refractivity contribution in [2.75, 3.05) is 25.1 Å². The molecular weight excluding hydrogens is 464 g/mol. The molecule has 37 heavy (non-hydrogen) atoms. The minimum absolute atomic E-state index is 0.257. The summed E-state index contributed by atoms with van der Waals surface area (Å²) in [5.41, 5.74) is 5.51. The Bertz CT molecular complexity index is 1730. The fourth-order valence-corrected chi connectivity index (χ4v) is 5.09. The maximum atomic E-state index is 13.6. The Morgan fingerprint density at radius 3 is 2.59 bits per heavy atom. The summed E-state index contributed by atoms with van der Waals surface area (Å²) < 4.78 is 13.0. The molecule has 186 valence electrons. The number of aryl methyl sites for hydroxylation is 2.